The third-order valence-electron chi connectivity index (χ3n) is 5.98. The average Bonchev–Trinajstić information content (AvgIpc) is 3.29. The second-order valence-corrected chi connectivity index (χ2v) is 7.89. The van der Waals surface area contributed by atoms with Gasteiger partial charge in [-0.2, -0.15) is 0 Å². The number of anilines is 1. The molecule has 0 spiro atoms. The van der Waals surface area contributed by atoms with E-state index in [-0.39, 0.29) is 24.3 Å². The highest BCUT2D eigenvalue weighted by Gasteiger charge is 2.42. The molecule has 2 aliphatic rings. The van der Waals surface area contributed by atoms with Crippen LogP contribution in [0.5, 0.6) is 11.5 Å². The van der Waals surface area contributed by atoms with Crippen LogP contribution in [0.4, 0.5) is 5.69 Å². The Morgan fingerprint density at radius 2 is 1.88 bits per heavy atom. The Morgan fingerprint density at radius 1 is 1.09 bits per heavy atom. The summed E-state index contributed by atoms with van der Waals surface area (Å²) in [5.74, 6) is 0.666. The van der Waals surface area contributed by atoms with Crippen molar-refractivity contribution >= 4 is 23.4 Å². The molecule has 2 aromatic carbocycles. The van der Waals surface area contributed by atoms with Crippen LogP contribution in [0.1, 0.15) is 28.8 Å². The minimum atomic E-state index is -0.505. The van der Waals surface area contributed by atoms with Crippen molar-refractivity contribution in [3.63, 3.8) is 0 Å². The number of carbonyl (C=O) groups excluding carboxylic acids is 3. The lowest BCUT2D eigenvalue weighted by atomic mass is 10.1. The number of amides is 3. The summed E-state index contributed by atoms with van der Waals surface area (Å²) in [6.45, 7) is 0.848. The first-order valence-electron chi connectivity index (χ1n) is 10.7. The Labute approximate surface area is 187 Å². The highest BCUT2D eigenvalue weighted by Crippen LogP contribution is 2.32. The van der Waals surface area contributed by atoms with E-state index in [1.807, 2.05) is 18.2 Å². The summed E-state index contributed by atoms with van der Waals surface area (Å²) in [4.78, 5) is 42.0. The molecule has 1 N–H and O–H groups in total. The van der Waals surface area contributed by atoms with E-state index >= 15 is 0 Å². The van der Waals surface area contributed by atoms with Gasteiger partial charge < -0.3 is 24.6 Å². The fourth-order valence-corrected chi connectivity index (χ4v) is 4.35. The summed E-state index contributed by atoms with van der Waals surface area (Å²) in [5.41, 5.74) is 1.95. The molecule has 0 radical (unpaired) electrons. The number of methoxy groups -OCH3 is 2. The maximum absolute atomic E-state index is 13.2. The Hall–Kier alpha value is -3.55. The maximum atomic E-state index is 13.2. The van der Waals surface area contributed by atoms with Gasteiger partial charge in [-0.15, -0.1) is 0 Å². The van der Waals surface area contributed by atoms with Crippen LogP contribution in [-0.2, 0) is 16.0 Å². The molecule has 1 saturated heterocycles. The standard InChI is InChI=1S/C24H27N3O5/c1-31-20-10-9-16(14-21(20)32-2)11-12-25-22(28)15-27-18-7-4-3-6-17(18)23(29)26-13-5-8-19(26)24(27)30/h3-4,6-7,9-10,14,19H,5,8,11-13,15H2,1-2H3,(H,25,28). The lowest BCUT2D eigenvalue weighted by Crippen LogP contribution is -2.48. The monoisotopic (exact) mass is 437 g/mol. The van der Waals surface area contributed by atoms with Gasteiger partial charge in [0.2, 0.25) is 11.8 Å². The van der Waals surface area contributed by atoms with Crippen LogP contribution in [0.25, 0.3) is 0 Å². The van der Waals surface area contributed by atoms with E-state index in [2.05, 4.69) is 5.32 Å². The van der Waals surface area contributed by atoms with Gasteiger partial charge in [-0.05, 0) is 49.1 Å². The maximum Gasteiger partial charge on any atom is 0.256 e. The fraction of sp³-hybridized carbons (Fsp3) is 0.375. The van der Waals surface area contributed by atoms with Crippen LogP contribution in [0.2, 0.25) is 0 Å². The third-order valence-corrected chi connectivity index (χ3v) is 5.98. The van der Waals surface area contributed by atoms with E-state index in [1.54, 1.807) is 43.4 Å². The zero-order valence-electron chi connectivity index (χ0n) is 18.3. The molecule has 0 aliphatic carbocycles. The Balaban J connectivity index is 1.44. The zero-order chi connectivity index (χ0) is 22.7. The van der Waals surface area contributed by atoms with Crippen LogP contribution in [-0.4, -0.2) is 62.5 Å². The van der Waals surface area contributed by atoms with E-state index in [0.29, 0.717) is 48.7 Å². The van der Waals surface area contributed by atoms with E-state index < -0.39 is 6.04 Å². The number of nitrogens with zero attached hydrogens (tertiary/aromatic N) is 2. The van der Waals surface area contributed by atoms with Crippen LogP contribution in [0, 0.1) is 0 Å². The van der Waals surface area contributed by atoms with Gasteiger partial charge in [-0.1, -0.05) is 18.2 Å². The fourth-order valence-electron chi connectivity index (χ4n) is 4.35. The van der Waals surface area contributed by atoms with Gasteiger partial charge in [-0.25, -0.2) is 0 Å². The smallest absolute Gasteiger partial charge is 0.256 e. The first-order valence-corrected chi connectivity index (χ1v) is 10.7. The molecule has 8 heteroatoms. The minimum Gasteiger partial charge on any atom is -0.493 e. The van der Waals surface area contributed by atoms with Gasteiger partial charge >= 0.3 is 0 Å². The molecule has 3 amide bonds. The summed E-state index contributed by atoms with van der Waals surface area (Å²) < 4.78 is 10.6. The zero-order valence-corrected chi connectivity index (χ0v) is 18.3. The summed E-state index contributed by atoms with van der Waals surface area (Å²) in [7, 11) is 3.16. The molecular weight excluding hydrogens is 410 g/mol. The van der Waals surface area contributed by atoms with Crippen molar-refractivity contribution in [2.45, 2.75) is 25.3 Å². The molecule has 2 aliphatic heterocycles. The first-order chi connectivity index (χ1) is 15.5. The van der Waals surface area contributed by atoms with Crippen molar-refractivity contribution in [3.05, 3.63) is 53.6 Å². The number of hydrogen-bond acceptors (Lipinski definition) is 5. The van der Waals surface area contributed by atoms with Gasteiger partial charge in [-0.3, -0.25) is 14.4 Å². The van der Waals surface area contributed by atoms with Crippen LogP contribution < -0.4 is 19.7 Å². The molecule has 8 nitrogen and oxygen atoms in total. The molecule has 1 fully saturated rings. The highest BCUT2D eigenvalue weighted by molar-refractivity contribution is 6.12. The number of fused-ring (bicyclic) bond motifs is 2. The predicted molar refractivity (Wildman–Crippen MR) is 119 cm³/mol. The average molecular weight is 437 g/mol. The SMILES string of the molecule is COc1ccc(CCNC(=O)CN2C(=O)C3CCCN3C(=O)c3ccccc32)cc1OC. The van der Waals surface area contributed by atoms with Crippen molar-refractivity contribution in [2.24, 2.45) is 0 Å². The highest BCUT2D eigenvalue weighted by atomic mass is 16.5. The summed E-state index contributed by atoms with van der Waals surface area (Å²) >= 11 is 0. The summed E-state index contributed by atoms with van der Waals surface area (Å²) in [5, 5.41) is 2.88. The van der Waals surface area contributed by atoms with Crippen molar-refractivity contribution in [1.82, 2.24) is 10.2 Å². The number of carbonyl (C=O) groups is 3. The molecular formula is C24H27N3O5. The molecule has 0 saturated carbocycles. The lowest BCUT2D eigenvalue weighted by molar-refractivity contribution is -0.125. The minimum absolute atomic E-state index is 0.126. The van der Waals surface area contributed by atoms with E-state index in [1.165, 1.54) is 4.90 Å². The number of hydrogen-bond donors (Lipinski definition) is 1. The second-order valence-electron chi connectivity index (χ2n) is 7.89. The van der Waals surface area contributed by atoms with Crippen LogP contribution in [0.15, 0.2) is 42.5 Å². The van der Waals surface area contributed by atoms with E-state index in [9.17, 15) is 14.4 Å². The largest absolute Gasteiger partial charge is 0.493 e. The molecule has 1 atom stereocenters. The molecule has 32 heavy (non-hydrogen) atoms. The van der Waals surface area contributed by atoms with Gasteiger partial charge in [0.1, 0.15) is 12.6 Å². The number of rotatable bonds is 7. The Morgan fingerprint density at radius 3 is 2.66 bits per heavy atom. The van der Waals surface area contributed by atoms with Gasteiger partial charge in [0, 0.05) is 13.1 Å². The summed E-state index contributed by atoms with van der Waals surface area (Å²) in [6, 6.07) is 12.1. The molecule has 168 valence electrons. The topological polar surface area (TPSA) is 88.2 Å². The number of benzene rings is 2. The molecule has 2 heterocycles. The quantitative estimate of drug-likeness (QED) is 0.716. The van der Waals surface area contributed by atoms with Gasteiger partial charge in [0.25, 0.3) is 5.91 Å². The Kier molecular flexibility index (Phi) is 6.30. The normalized spacial score (nSPS) is 17.5. The van der Waals surface area contributed by atoms with Crippen LogP contribution >= 0.6 is 0 Å². The lowest BCUT2D eigenvalue weighted by Gasteiger charge is -2.25. The summed E-state index contributed by atoms with van der Waals surface area (Å²) in [6.07, 6.45) is 2.01. The van der Waals surface area contributed by atoms with Gasteiger partial charge in [0.05, 0.1) is 25.5 Å². The van der Waals surface area contributed by atoms with Crippen molar-refractivity contribution < 1.29 is 23.9 Å². The van der Waals surface area contributed by atoms with Gasteiger partial charge in [0.15, 0.2) is 11.5 Å². The molecule has 4 rings (SSSR count). The van der Waals surface area contributed by atoms with E-state index in [4.69, 9.17) is 9.47 Å². The molecule has 0 aromatic heterocycles. The molecule has 2 aromatic rings. The first kappa shape index (κ1) is 21.7. The number of nitrogens with one attached hydrogen (secondary N) is 1. The predicted octanol–water partition coefficient (Wildman–Crippen LogP) is 2.01. The Bertz CT molecular complexity index is 1040. The third kappa shape index (κ3) is 4.12. The number of para-hydroxylation sites is 1. The van der Waals surface area contributed by atoms with E-state index in [0.717, 1.165) is 12.0 Å². The number of ether oxygens (including phenoxy) is 2. The van der Waals surface area contributed by atoms with Crippen molar-refractivity contribution in [3.8, 4) is 11.5 Å². The molecule has 1 unspecified atom stereocenters. The molecule has 0 bridgehead atoms. The van der Waals surface area contributed by atoms with Crippen molar-refractivity contribution in [1.29, 1.82) is 0 Å². The second kappa shape index (κ2) is 9.30. The van der Waals surface area contributed by atoms with Crippen molar-refractivity contribution in [2.75, 3.05) is 38.8 Å². The van der Waals surface area contributed by atoms with Crippen LogP contribution in [0.3, 0.4) is 0 Å².